The second-order valence-corrected chi connectivity index (χ2v) is 8.71. The van der Waals surface area contributed by atoms with Crippen LogP contribution in [0.15, 0.2) is 48.5 Å². The van der Waals surface area contributed by atoms with Crippen LogP contribution in [-0.4, -0.2) is 54.7 Å². The lowest BCUT2D eigenvalue weighted by Gasteiger charge is -2.24. The molecule has 0 aliphatic carbocycles. The third-order valence-electron chi connectivity index (χ3n) is 5.90. The molecule has 0 saturated carbocycles. The number of amides is 2. The minimum Gasteiger partial charge on any atom is -0.493 e. The zero-order valence-corrected chi connectivity index (χ0v) is 19.9. The van der Waals surface area contributed by atoms with Crippen LogP contribution in [0.5, 0.6) is 5.75 Å². The number of benzene rings is 2. The summed E-state index contributed by atoms with van der Waals surface area (Å²) in [6.07, 6.45) is 5.20. The highest BCUT2D eigenvalue weighted by atomic mass is 16.5. The molecular weight excluding hydrogens is 430 g/mol. The van der Waals surface area contributed by atoms with Crippen LogP contribution in [0.25, 0.3) is 0 Å². The summed E-state index contributed by atoms with van der Waals surface area (Å²) in [6.45, 7) is 3.21. The van der Waals surface area contributed by atoms with Crippen LogP contribution < -0.4 is 15.4 Å². The molecule has 0 radical (unpaired) electrons. The van der Waals surface area contributed by atoms with Gasteiger partial charge in [-0.25, -0.2) is 0 Å². The Morgan fingerprint density at radius 2 is 1.85 bits per heavy atom. The van der Waals surface area contributed by atoms with Gasteiger partial charge in [-0.05, 0) is 56.2 Å². The van der Waals surface area contributed by atoms with E-state index in [1.54, 1.807) is 0 Å². The van der Waals surface area contributed by atoms with E-state index in [9.17, 15) is 9.59 Å². The van der Waals surface area contributed by atoms with E-state index in [4.69, 9.17) is 9.84 Å². The van der Waals surface area contributed by atoms with Crippen molar-refractivity contribution < 1.29 is 19.4 Å². The third kappa shape index (κ3) is 8.47. The molecule has 7 heteroatoms. The molecule has 1 heterocycles. The first-order valence-electron chi connectivity index (χ1n) is 12.3. The lowest BCUT2D eigenvalue weighted by molar-refractivity contribution is -0.122. The molecule has 7 nitrogen and oxygen atoms in total. The highest BCUT2D eigenvalue weighted by Gasteiger charge is 2.21. The SMILES string of the molecule is O=C1CN(Cc2ccccc2)Cc2c(cccc2C(=O)NCCCCCO)OCCCCCN1. The van der Waals surface area contributed by atoms with Gasteiger partial charge >= 0.3 is 0 Å². The van der Waals surface area contributed by atoms with E-state index in [2.05, 4.69) is 15.5 Å². The summed E-state index contributed by atoms with van der Waals surface area (Å²) >= 11 is 0. The molecule has 2 amide bonds. The standard InChI is InChI=1S/C27H37N3O4/c31-17-8-2-6-16-29-27(33)23-13-10-14-25-24(23)20-30(19-22-11-4-1-5-12-22)21-26(32)28-15-7-3-9-18-34-25/h1,4-5,10-14,31H,2-3,6-9,15-21H2,(H,28,32)(H,29,33). The van der Waals surface area contributed by atoms with Crippen molar-refractivity contribution in [1.29, 1.82) is 0 Å². The first-order chi connectivity index (χ1) is 16.7. The Balaban J connectivity index is 1.84. The van der Waals surface area contributed by atoms with Crippen molar-refractivity contribution in [2.45, 2.75) is 51.6 Å². The largest absolute Gasteiger partial charge is 0.493 e. The fourth-order valence-corrected chi connectivity index (χ4v) is 4.09. The molecule has 0 atom stereocenters. The van der Waals surface area contributed by atoms with E-state index in [1.165, 1.54) is 0 Å². The molecule has 0 spiro atoms. The number of fused-ring (bicyclic) bond motifs is 1. The number of hydrogen-bond donors (Lipinski definition) is 3. The van der Waals surface area contributed by atoms with Gasteiger partial charge in [0.15, 0.2) is 0 Å². The first-order valence-corrected chi connectivity index (χ1v) is 12.3. The number of nitrogens with zero attached hydrogens (tertiary/aromatic N) is 1. The van der Waals surface area contributed by atoms with E-state index < -0.39 is 0 Å². The number of aliphatic hydroxyl groups excluding tert-OH is 1. The van der Waals surface area contributed by atoms with Crippen LogP contribution in [0.3, 0.4) is 0 Å². The quantitative estimate of drug-likeness (QED) is 0.519. The molecule has 34 heavy (non-hydrogen) atoms. The number of ether oxygens (including phenoxy) is 1. The summed E-state index contributed by atoms with van der Waals surface area (Å²) in [5, 5.41) is 15.0. The van der Waals surface area contributed by atoms with Crippen molar-refractivity contribution in [3.8, 4) is 5.75 Å². The Morgan fingerprint density at radius 1 is 1.00 bits per heavy atom. The minimum absolute atomic E-state index is 0.0107. The molecular formula is C27H37N3O4. The Labute approximate surface area is 202 Å². The monoisotopic (exact) mass is 467 g/mol. The fourth-order valence-electron chi connectivity index (χ4n) is 4.09. The molecule has 0 bridgehead atoms. The number of carbonyl (C=O) groups excluding carboxylic acids is 2. The van der Waals surface area contributed by atoms with Crippen molar-refractivity contribution in [1.82, 2.24) is 15.5 Å². The Hall–Kier alpha value is -2.90. The van der Waals surface area contributed by atoms with E-state index in [-0.39, 0.29) is 25.0 Å². The van der Waals surface area contributed by atoms with Gasteiger partial charge in [-0.2, -0.15) is 0 Å². The van der Waals surface area contributed by atoms with Crippen molar-refractivity contribution in [2.24, 2.45) is 0 Å². The molecule has 0 saturated heterocycles. The molecule has 0 fully saturated rings. The van der Waals surface area contributed by atoms with E-state index in [0.717, 1.165) is 49.7 Å². The van der Waals surface area contributed by atoms with Gasteiger partial charge in [0, 0.05) is 43.9 Å². The van der Waals surface area contributed by atoms with Crippen molar-refractivity contribution >= 4 is 11.8 Å². The normalized spacial score (nSPS) is 15.6. The number of aliphatic hydroxyl groups is 1. The van der Waals surface area contributed by atoms with E-state index in [1.807, 2.05) is 48.5 Å². The van der Waals surface area contributed by atoms with Gasteiger partial charge in [0.2, 0.25) is 5.91 Å². The lowest BCUT2D eigenvalue weighted by atomic mass is 10.0. The summed E-state index contributed by atoms with van der Waals surface area (Å²) < 4.78 is 6.14. The Morgan fingerprint density at radius 3 is 2.68 bits per heavy atom. The number of unbranched alkanes of at least 4 members (excludes halogenated alkanes) is 2. The van der Waals surface area contributed by atoms with Crippen LogP contribution >= 0.6 is 0 Å². The highest BCUT2D eigenvalue weighted by Crippen LogP contribution is 2.26. The van der Waals surface area contributed by atoms with Crippen molar-refractivity contribution in [3.05, 3.63) is 65.2 Å². The second-order valence-electron chi connectivity index (χ2n) is 8.71. The third-order valence-corrected chi connectivity index (χ3v) is 5.90. The van der Waals surface area contributed by atoms with Gasteiger partial charge < -0.3 is 20.5 Å². The highest BCUT2D eigenvalue weighted by molar-refractivity contribution is 5.96. The number of hydrogen-bond acceptors (Lipinski definition) is 5. The van der Waals surface area contributed by atoms with Gasteiger partial charge in [-0.3, -0.25) is 14.5 Å². The molecule has 0 aromatic heterocycles. The Kier molecular flexibility index (Phi) is 10.9. The maximum atomic E-state index is 13.1. The van der Waals surface area contributed by atoms with Crippen molar-refractivity contribution in [2.75, 3.05) is 32.8 Å². The topological polar surface area (TPSA) is 90.9 Å². The Bertz CT molecular complexity index is 904. The second kappa shape index (κ2) is 14.4. The zero-order valence-electron chi connectivity index (χ0n) is 19.9. The number of rotatable bonds is 8. The summed E-state index contributed by atoms with van der Waals surface area (Å²) in [4.78, 5) is 27.8. The summed E-state index contributed by atoms with van der Waals surface area (Å²) in [7, 11) is 0. The van der Waals surface area contributed by atoms with Crippen molar-refractivity contribution in [3.63, 3.8) is 0 Å². The molecule has 2 aromatic rings. The minimum atomic E-state index is -0.141. The number of carbonyl (C=O) groups is 2. The summed E-state index contributed by atoms with van der Waals surface area (Å²) in [6, 6.07) is 15.6. The van der Waals surface area contributed by atoms with Crippen LogP contribution in [0.4, 0.5) is 0 Å². The van der Waals surface area contributed by atoms with Crippen LogP contribution in [0.1, 0.15) is 60.0 Å². The van der Waals surface area contributed by atoms with Gasteiger partial charge in [0.1, 0.15) is 5.75 Å². The average molecular weight is 468 g/mol. The van der Waals surface area contributed by atoms with E-state index >= 15 is 0 Å². The van der Waals surface area contributed by atoms with Gasteiger partial charge in [0.25, 0.3) is 5.91 Å². The molecule has 1 aliphatic rings. The smallest absolute Gasteiger partial charge is 0.251 e. The van der Waals surface area contributed by atoms with Crippen LogP contribution in [0.2, 0.25) is 0 Å². The lowest BCUT2D eigenvalue weighted by Crippen LogP contribution is -2.37. The predicted molar refractivity (Wildman–Crippen MR) is 133 cm³/mol. The van der Waals surface area contributed by atoms with Gasteiger partial charge in [-0.1, -0.05) is 36.4 Å². The first kappa shape index (κ1) is 25.7. The molecule has 3 N–H and O–H groups in total. The van der Waals surface area contributed by atoms with E-state index in [0.29, 0.717) is 44.1 Å². The molecule has 0 unspecified atom stereocenters. The molecule has 3 rings (SSSR count). The maximum Gasteiger partial charge on any atom is 0.251 e. The fraction of sp³-hybridized carbons (Fsp3) is 0.481. The zero-order chi connectivity index (χ0) is 24.0. The maximum absolute atomic E-state index is 13.1. The van der Waals surface area contributed by atoms with Gasteiger partial charge in [0.05, 0.1) is 13.2 Å². The molecule has 1 aliphatic heterocycles. The summed E-state index contributed by atoms with van der Waals surface area (Å²) in [5.41, 5.74) is 2.49. The number of nitrogens with one attached hydrogen (secondary N) is 2. The van der Waals surface area contributed by atoms with Gasteiger partial charge in [-0.15, -0.1) is 0 Å². The predicted octanol–water partition coefficient (Wildman–Crippen LogP) is 3.26. The average Bonchev–Trinajstić information content (AvgIpc) is 2.85. The van der Waals surface area contributed by atoms with Crippen LogP contribution in [0, 0.1) is 0 Å². The summed E-state index contributed by atoms with van der Waals surface area (Å²) in [5.74, 6) is 0.548. The molecule has 184 valence electrons. The molecule has 2 aromatic carbocycles. The van der Waals surface area contributed by atoms with Crippen LogP contribution in [-0.2, 0) is 17.9 Å².